The molecule has 0 saturated carbocycles. The summed E-state index contributed by atoms with van der Waals surface area (Å²) < 4.78 is 6.37. The zero-order valence-electron chi connectivity index (χ0n) is 9.76. The van der Waals surface area contributed by atoms with Crippen LogP contribution in [0.15, 0.2) is 18.2 Å². The molecule has 1 aliphatic rings. The largest absolute Gasteiger partial charge is 0.378 e. The molecule has 0 unspecified atom stereocenters. The molecule has 18 heavy (non-hydrogen) atoms. The quantitative estimate of drug-likeness (QED) is 0.885. The Hall–Kier alpha value is -1.66. The molecule has 1 aliphatic heterocycles. The van der Waals surface area contributed by atoms with Crippen LogP contribution in [0.4, 0.5) is 5.69 Å². The van der Waals surface area contributed by atoms with Crippen LogP contribution in [0.5, 0.6) is 0 Å². The average molecular weight is 263 g/mol. The summed E-state index contributed by atoms with van der Waals surface area (Å²) in [7, 11) is 0. The first-order valence-electron chi connectivity index (χ1n) is 5.78. The van der Waals surface area contributed by atoms with Crippen molar-refractivity contribution >= 4 is 33.1 Å². The first-order valence-corrected chi connectivity index (χ1v) is 6.59. The van der Waals surface area contributed by atoms with Gasteiger partial charge in [-0.3, -0.25) is 4.79 Å². The van der Waals surface area contributed by atoms with Gasteiger partial charge in [0.15, 0.2) is 5.01 Å². The molecule has 0 radical (unpaired) electrons. The second-order valence-corrected chi connectivity index (χ2v) is 5.11. The molecule has 2 heterocycles. The van der Waals surface area contributed by atoms with Crippen LogP contribution in [0.25, 0.3) is 10.2 Å². The van der Waals surface area contributed by atoms with Crippen molar-refractivity contribution in [2.24, 2.45) is 5.73 Å². The van der Waals surface area contributed by atoms with Gasteiger partial charge in [0.05, 0.1) is 29.1 Å². The van der Waals surface area contributed by atoms with Crippen LogP contribution in [0, 0.1) is 0 Å². The lowest BCUT2D eigenvalue weighted by Gasteiger charge is -2.29. The fourth-order valence-corrected chi connectivity index (χ4v) is 3.05. The molecule has 0 atom stereocenters. The Morgan fingerprint density at radius 3 is 2.89 bits per heavy atom. The fraction of sp³-hybridized carbons (Fsp3) is 0.333. The summed E-state index contributed by atoms with van der Waals surface area (Å²) in [4.78, 5) is 17.7. The summed E-state index contributed by atoms with van der Waals surface area (Å²) in [5.74, 6) is -0.468. The summed E-state index contributed by atoms with van der Waals surface area (Å²) in [6.07, 6.45) is 0. The number of benzene rings is 1. The highest BCUT2D eigenvalue weighted by molar-refractivity contribution is 7.20. The van der Waals surface area contributed by atoms with Crippen molar-refractivity contribution in [2.45, 2.75) is 0 Å². The Kier molecular flexibility index (Phi) is 2.89. The van der Waals surface area contributed by atoms with Crippen LogP contribution >= 0.6 is 11.3 Å². The van der Waals surface area contributed by atoms with Gasteiger partial charge in [-0.2, -0.15) is 0 Å². The number of rotatable bonds is 2. The number of fused-ring (bicyclic) bond motifs is 1. The molecule has 1 aromatic heterocycles. The van der Waals surface area contributed by atoms with Crippen molar-refractivity contribution in [1.29, 1.82) is 0 Å². The number of primary amides is 1. The van der Waals surface area contributed by atoms with Crippen molar-refractivity contribution in [3.05, 3.63) is 23.2 Å². The zero-order chi connectivity index (χ0) is 12.5. The van der Waals surface area contributed by atoms with Gasteiger partial charge in [-0.15, -0.1) is 11.3 Å². The number of morpholine rings is 1. The fourth-order valence-electron chi connectivity index (χ4n) is 2.09. The zero-order valence-corrected chi connectivity index (χ0v) is 10.6. The van der Waals surface area contributed by atoms with Crippen LogP contribution < -0.4 is 10.6 Å². The van der Waals surface area contributed by atoms with Crippen molar-refractivity contribution in [3.63, 3.8) is 0 Å². The Bertz CT molecular complexity index is 590. The normalized spacial score (nSPS) is 16.1. The molecule has 3 rings (SSSR count). The third-order valence-corrected chi connectivity index (χ3v) is 4.06. The lowest BCUT2D eigenvalue weighted by Crippen LogP contribution is -2.36. The minimum atomic E-state index is -0.468. The van der Waals surface area contributed by atoms with Gasteiger partial charge in [-0.05, 0) is 12.1 Å². The van der Waals surface area contributed by atoms with E-state index in [2.05, 4.69) is 16.0 Å². The number of hydrogen-bond acceptors (Lipinski definition) is 5. The minimum Gasteiger partial charge on any atom is -0.378 e. The molecule has 0 bridgehead atoms. The molecule has 2 aromatic rings. The monoisotopic (exact) mass is 263 g/mol. The van der Waals surface area contributed by atoms with Gasteiger partial charge >= 0.3 is 0 Å². The Labute approximate surface area is 108 Å². The summed E-state index contributed by atoms with van der Waals surface area (Å²) in [6.45, 7) is 3.20. The van der Waals surface area contributed by atoms with Crippen LogP contribution in [0.2, 0.25) is 0 Å². The Morgan fingerprint density at radius 2 is 2.17 bits per heavy atom. The molecule has 1 fully saturated rings. The number of aromatic nitrogens is 1. The third kappa shape index (κ3) is 1.93. The van der Waals surface area contributed by atoms with Gasteiger partial charge in [-0.1, -0.05) is 6.07 Å². The molecular weight excluding hydrogens is 250 g/mol. The van der Waals surface area contributed by atoms with Crippen molar-refractivity contribution in [2.75, 3.05) is 31.2 Å². The van der Waals surface area contributed by atoms with E-state index in [1.54, 1.807) is 0 Å². The second kappa shape index (κ2) is 4.55. The summed E-state index contributed by atoms with van der Waals surface area (Å²) in [5, 5.41) is 0.366. The lowest BCUT2D eigenvalue weighted by atomic mass is 10.2. The molecule has 0 aliphatic carbocycles. The predicted molar refractivity (Wildman–Crippen MR) is 71.2 cm³/mol. The van der Waals surface area contributed by atoms with E-state index in [-0.39, 0.29) is 0 Å². The number of amides is 1. The van der Waals surface area contributed by atoms with Crippen LogP contribution in [-0.2, 0) is 4.74 Å². The van der Waals surface area contributed by atoms with Crippen LogP contribution in [-0.4, -0.2) is 37.2 Å². The maximum absolute atomic E-state index is 11.2. The van der Waals surface area contributed by atoms with E-state index in [0.717, 1.165) is 42.2 Å². The molecular formula is C12H13N3O2S. The molecule has 1 aromatic carbocycles. The topological polar surface area (TPSA) is 68.5 Å². The predicted octanol–water partition coefficient (Wildman–Crippen LogP) is 1.23. The third-order valence-electron chi connectivity index (χ3n) is 2.96. The molecule has 2 N–H and O–H groups in total. The van der Waals surface area contributed by atoms with E-state index in [1.807, 2.05) is 12.1 Å². The van der Waals surface area contributed by atoms with E-state index in [0.29, 0.717) is 5.01 Å². The first kappa shape index (κ1) is 11.4. The number of carbonyl (C=O) groups excluding carboxylic acids is 1. The maximum Gasteiger partial charge on any atom is 0.277 e. The van der Waals surface area contributed by atoms with Gasteiger partial charge in [0.1, 0.15) is 0 Å². The molecule has 1 saturated heterocycles. The molecule has 1 amide bonds. The van der Waals surface area contributed by atoms with Crippen molar-refractivity contribution in [3.8, 4) is 0 Å². The summed E-state index contributed by atoms with van der Waals surface area (Å²) in [5.41, 5.74) is 7.22. The number of anilines is 1. The van der Waals surface area contributed by atoms with Crippen molar-refractivity contribution in [1.82, 2.24) is 4.98 Å². The Balaban J connectivity index is 2.07. The molecule has 94 valence electrons. The number of nitrogens with two attached hydrogens (primary N) is 1. The second-order valence-electron chi connectivity index (χ2n) is 4.11. The number of nitrogens with zero attached hydrogens (tertiary/aromatic N) is 2. The van der Waals surface area contributed by atoms with Gasteiger partial charge in [-0.25, -0.2) is 4.98 Å². The SMILES string of the molecule is NC(=O)c1nc2cccc(N3CCOCC3)c2s1. The molecule has 6 heteroatoms. The van der Waals surface area contributed by atoms with E-state index in [9.17, 15) is 4.79 Å². The first-order chi connectivity index (χ1) is 8.75. The van der Waals surface area contributed by atoms with Gasteiger partial charge in [0, 0.05) is 13.1 Å². The van der Waals surface area contributed by atoms with Crippen molar-refractivity contribution < 1.29 is 9.53 Å². The highest BCUT2D eigenvalue weighted by Crippen LogP contribution is 2.32. The minimum absolute atomic E-state index is 0.366. The highest BCUT2D eigenvalue weighted by Gasteiger charge is 2.17. The number of thiazole rings is 1. The standard InChI is InChI=1S/C12H13N3O2S/c13-11(16)12-14-8-2-1-3-9(10(8)18-12)15-4-6-17-7-5-15/h1-3H,4-7H2,(H2,13,16). The maximum atomic E-state index is 11.2. The van der Waals surface area contributed by atoms with Crippen LogP contribution in [0.1, 0.15) is 9.80 Å². The van der Waals surface area contributed by atoms with E-state index >= 15 is 0 Å². The van der Waals surface area contributed by atoms with E-state index in [1.165, 1.54) is 11.3 Å². The lowest BCUT2D eigenvalue weighted by molar-refractivity contribution is 0.1000. The van der Waals surface area contributed by atoms with E-state index in [4.69, 9.17) is 10.5 Å². The number of carbonyl (C=O) groups is 1. The number of ether oxygens (including phenoxy) is 1. The smallest absolute Gasteiger partial charge is 0.277 e. The van der Waals surface area contributed by atoms with Gasteiger partial charge in [0.25, 0.3) is 5.91 Å². The average Bonchev–Trinajstić information content (AvgIpc) is 2.83. The molecule has 0 spiro atoms. The van der Waals surface area contributed by atoms with Gasteiger partial charge in [0.2, 0.25) is 0 Å². The summed E-state index contributed by atoms with van der Waals surface area (Å²) >= 11 is 1.36. The number of hydrogen-bond donors (Lipinski definition) is 1. The Morgan fingerprint density at radius 1 is 1.39 bits per heavy atom. The summed E-state index contributed by atoms with van der Waals surface area (Å²) in [6, 6.07) is 5.91. The highest BCUT2D eigenvalue weighted by atomic mass is 32.1. The van der Waals surface area contributed by atoms with Gasteiger partial charge < -0.3 is 15.4 Å². The van der Waals surface area contributed by atoms with E-state index < -0.39 is 5.91 Å². The van der Waals surface area contributed by atoms with Crippen LogP contribution in [0.3, 0.4) is 0 Å². The molecule has 5 nitrogen and oxygen atoms in total.